The van der Waals surface area contributed by atoms with Crippen LogP contribution in [0.3, 0.4) is 0 Å². The van der Waals surface area contributed by atoms with Crippen molar-refractivity contribution in [2.75, 3.05) is 0 Å². The molecule has 0 saturated heterocycles. The summed E-state index contributed by atoms with van der Waals surface area (Å²) in [5.41, 5.74) is 5.17. The highest BCUT2D eigenvalue weighted by Crippen LogP contribution is 2.48. The van der Waals surface area contributed by atoms with Gasteiger partial charge in [0.25, 0.3) is 0 Å². The van der Waals surface area contributed by atoms with E-state index in [0.29, 0.717) is 5.95 Å². The van der Waals surface area contributed by atoms with Gasteiger partial charge in [-0.15, -0.1) is 11.3 Å². The van der Waals surface area contributed by atoms with Gasteiger partial charge in [-0.25, -0.2) is 9.97 Å². The maximum atomic E-state index is 5.53. The first kappa shape index (κ1) is 28.1. The Morgan fingerprint density at radius 1 is 0.385 bits per heavy atom. The molecule has 0 N–H and O–H groups in total. The third-order valence-corrected chi connectivity index (χ3v) is 12.1. The Kier molecular flexibility index (Phi) is 5.65. The van der Waals surface area contributed by atoms with Crippen molar-refractivity contribution in [2.24, 2.45) is 0 Å². The fraction of sp³-hybridized carbons (Fsp3) is 0. The number of hydrogen-bond acceptors (Lipinski definition) is 3. The number of aromatic nitrogens is 3. The Hall–Kier alpha value is -6.62. The largest absolute Gasteiger partial charge is 0.277 e. The molecule has 3 heterocycles. The van der Waals surface area contributed by atoms with Gasteiger partial charge in [0.15, 0.2) is 0 Å². The van der Waals surface area contributed by atoms with Crippen molar-refractivity contribution >= 4 is 107 Å². The topological polar surface area (TPSA) is 30.7 Å². The minimum atomic E-state index is 0.672. The predicted octanol–water partition coefficient (Wildman–Crippen LogP) is 13.4. The molecule has 0 amide bonds. The lowest BCUT2D eigenvalue weighted by molar-refractivity contribution is 1.02. The van der Waals surface area contributed by atoms with Gasteiger partial charge < -0.3 is 0 Å². The molecule has 12 rings (SSSR count). The number of hydrogen-bond donors (Lipinski definition) is 0. The fourth-order valence-electron chi connectivity index (χ4n) is 8.80. The smallest absolute Gasteiger partial charge is 0.235 e. The van der Waals surface area contributed by atoms with E-state index in [4.69, 9.17) is 9.97 Å². The fourth-order valence-corrected chi connectivity index (χ4v) is 9.92. The summed E-state index contributed by atoms with van der Waals surface area (Å²) in [5.74, 6) is 0.672. The summed E-state index contributed by atoms with van der Waals surface area (Å²) in [6.45, 7) is 0. The van der Waals surface area contributed by atoms with Gasteiger partial charge in [0, 0.05) is 52.7 Å². The van der Waals surface area contributed by atoms with E-state index in [1.807, 2.05) is 11.3 Å². The number of thiophene rings is 1. The quantitative estimate of drug-likeness (QED) is 0.171. The average molecular weight is 678 g/mol. The molecule has 0 aliphatic carbocycles. The van der Waals surface area contributed by atoms with Crippen molar-refractivity contribution in [1.82, 2.24) is 14.5 Å². The first-order valence-corrected chi connectivity index (χ1v) is 18.5. The molecule has 3 nitrogen and oxygen atoms in total. The molecular weight excluding hydrogens is 651 g/mol. The summed E-state index contributed by atoms with van der Waals surface area (Å²) >= 11 is 1.83. The van der Waals surface area contributed by atoms with Crippen molar-refractivity contribution in [3.8, 4) is 17.2 Å². The monoisotopic (exact) mass is 677 g/mol. The van der Waals surface area contributed by atoms with E-state index in [1.165, 1.54) is 74.0 Å². The predicted molar refractivity (Wildman–Crippen MR) is 222 cm³/mol. The van der Waals surface area contributed by atoms with Crippen molar-refractivity contribution in [3.63, 3.8) is 0 Å². The van der Waals surface area contributed by atoms with Gasteiger partial charge in [-0.05, 0) is 56.6 Å². The molecule has 0 bridgehead atoms. The Labute approximate surface area is 301 Å². The average Bonchev–Trinajstić information content (AvgIpc) is 3.75. The van der Waals surface area contributed by atoms with Gasteiger partial charge >= 0.3 is 0 Å². The van der Waals surface area contributed by atoms with Crippen LogP contribution in [0.2, 0.25) is 0 Å². The standard InChI is InChI=1S/C48H27N3S/c1-2-14-28(15-3-1)46-38-27-42-37(31-18-11-13-25-41(31)52-42)26-39(38)49-48(50-46)51-40-24-12-10-23-36(40)45-44-33-20-7-5-17-30(33)29-16-4-6-19-32(29)43(44)34-21-8-9-22-35(34)47(45)51/h1-27H. The van der Waals surface area contributed by atoms with Crippen molar-refractivity contribution in [2.45, 2.75) is 0 Å². The molecule has 0 aliphatic heterocycles. The van der Waals surface area contributed by atoms with Crippen molar-refractivity contribution < 1.29 is 0 Å². The number of benzene rings is 9. The zero-order valence-electron chi connectivity index (χ0n) is 27.8. The Morgan fingerprint density at radius 3 is 1.71 bits per heavy atom. The van der Waals surface area contributed by atoms with Crippen LogP contribution in [-0.2, 0) is 0 Å². The van der Waals surface area contributed by atoms with Crippen LogP contribution in [-0.4, -0.2) is 14.5 Å². The van der Waals surface area contributed by atoms with Gasteiger partial charge in [0.2, 0.25) is 5.95 Å². The Bertz CT molecular complexity index is 3470. The van der Waals surface area contributed by atoms with E-state index in [1.54, 1.807) is 0 Å². The molecule has 240 valence electrons. The highest BCUT2D eigenvalue weighted by Gasteiger charge is 2.24. The summed E-state index contributed by atoms with van der Waals surface area (Å²) < 4.78 is 4.86. The molecule has 12 aromatic rings. The molecule has 0 saturated carbocycles. The lowest BCUT2D eigenvalue weighted by atomic mass is 9.88. The molecule has 3 aromatic heterocycles. The second-order valence-corrected chi connectivity index (χ2v) is 14.7. The maximum absolute atomic E-state index is 5.53. The normalized spacial score (nSPS) is 12.2. The number of fused-ring (bicyclic) bond motifs is 17. The molecule has 9 aromatic carbocycles. The Morgan fingerprint density at radius 2 is 0.962 bits per heavy atom. The summed E-state index contributed by atoms with van der Waals surface area (Å²) in [7, 11) is 0. The van der Waals surface area contributed by atoms with E-state index in [9.17, 15) is 0 Å². The van der Waals surface area contributed by atoms with E-state index < -0.39 is 0 Å². The second-order valence-electron chi connectivity index (χ2n) is 13.7. The third kappa shape index (κ3) is 3.74. The molecule has 0 atom stereocenters. The van der Waals surface area contributed by atoms with E-state index in [0.717, 1.165) is 33.2 Å². The third-order valence-electron chi connectivity index (χ3n) is 10.9. The number of para-hydroxylation sites is 1. The summed E-state index contributed by atoms with van der Waals surface area (Å²) in [4.78, 5) is 11.0. The van der Waals surface area contributed by atoms with Gasteiger partial charge in [-0.2, -0.15) is 0 Å². The van der Waals surface area contributed by atoms with Crippen LogP contribution in [0.1, 0.15) is 0 Å². The van der Waals surface area contributed by atoms with E-state index in [-0.39, 0.29) is 0 Å². The molecule has 0 unspecified atom stereocenters. The van der Waals surface area contributed by atoms with Crippen LogP contribution in [0.15, 0.2) is 164 Å². The highest BCUT2D eigenvalue weighted by molar-refractivity contribution is 7.25. The summed E-state index contributed by atoms with van der Waals surface area (Å²) in [5, 5.41) is 16.0. The molecular formula is C48H27N3S. The zero-order valence-corrected chi connectivity index (χ0v) is 28.7. The van der Waals surface area contributed by atoms with Gasteiger partial charge in [0.05, 0.1) is 22.2 Å². The van der Waals surface area contributed by atoms with E-state index in [2.05, 4.69) is 168 Å². The van der Waals surface area contributed by atoms with Crippen LogP contribution in [0.4, 0.5) is 0 Å². The zero-order chi connectivity index (χ0) is 33.9. The second kappa shape index (κ2) is 10.5. The SMILES string of the molecule is c1ccc(-c2nc(-n3c4ccccc4c4c5c6ccccc6c6ccccc6c5c5ccccc5c43)nc3cc4c(cc23)sc2ccccc24)cc1. The lowest BCUT2D eigenvalue weighted by Gasteiger charge is -2.16. The molecule has 52 heavy (non-hydrogen) atoms. The molecule has 0 radical (unpaired) electrons. The number of rotatable bonds is 2. The minimum Gasteiger partial charge on any atom is -0.277 e. The molecule has 4 heteroatoms. The maximum Gasteiger partial charge on any atom is 0.235 e. The van der Waals surface area contributed by atoms with Gasteiger partial charge in [-0.3, -0.25) is 4.57 Å². The van der Waals surface area contributed by atoms with Crippen molar-refractivity contribution in [1.29, 1.82) is 0 Å². The summed E-state index contributed by atoms with van der Waals surface area (Å²) in [6, 6.07) is 59.3. The van der Waals surface area contributed by atoms with E-state index >= 15 is 0 Å². The molecule has 0 fully saturated rings. The number of nitrogens with zero attached hydrogens (tertiary/aromatic N) is 3. The minimum absolute atomic E-state index is 0.672. The van der Waals surface area contributed by atoms with Crippen LogP contribution in [0.25, 0.3) is 113 Å². The van der Waals surface area contributed by atoms with Crippen LogP contribution < -0.4 is 0 Å². The van der Waals surface area contributed by atoms with Gasteiger partial charge in [-0.1, -0.05) is 140 Å². The first-order chi connectivity index (χ1) is 25.8. The van der Waals surface area contributed by atoms with Crippen LogP contribution in [0, 0.1) is 0 Å². The molecule has 0 spiro atoms. The summed E-state index contributed by atoms with van der Waals surface area (Å²) in [6.07, 6.45) is 0. The van der Waals surface area contributed by atoms with Crippen LogP contribution >= 0.6 is 11.3 Å². The highest BCUT2D eigenvalue weighted by atomic mass is 32.1. The van der Waals surface area contributed by atoms with Crippen LogP contribution in [0.5, 0.6) is 0 Å². The van der Waals surface area contributed by atoms with Crippen molar-refractivity contribution in [3.05, 3.63) is 164 Å². The Balaban J connectivity index is 1.32. The van der Waals surface area contributed by atoms with Gasteiger partial charge in [0.1, 0.15) is 0 Å². The lowest BCUT2D eigenvalue weighted by Crippen LogP contribution is -2.04. The first-order valence-electron chi connectivity index (χ1n) is 17.7. The molecule has 0 aliphatic rings.